The Morgan fingerprint density at radius 3 is 2.50 bits per heavy atom. The van der Waals surface area contributed by atoms with Crippen molar-refractivity contribution in [2.75, 3.05) is 0 Å². The van der Waals surface area contributed by atoms with Crippen LogP contribution in [0.3, 0.4) is 0 Å². The molecule has 10 heteroatoms. The Morgan fingerprint density at radius 2 is 1.94 bits per heavy atom. The topological polar surface area (TPSA) is 119 Å². The minimum Gasteiger partial charge on any atom is -0.465 e. The van der Waals surface area contributed by atoms with Gasteiger partial charge in [-0.3, -0.25) is 19.1 Å². The number of nitrogens with two attached hydrogens (primary N) is 1. The van der Waals surface area contributed by atoms with Crippen molar-refractivity contribution in [2.45, 2.75) is 45.2 Å². The molecule has 2 amide bonds. The van der Waals surface area contributed by atoms with Crippen LogP contribution < -0.4 is 11.3 Å². The lowest BCUT2D eigenvalue weighted by molar-refractivity contribution is 0.0581. The Morgan fingerprint density at radius 1 is 1.26 bits per heavy atom. The highest BCUT2D eigenvalue weighted by atomic mass is 35.5. The van der Waals surface area contributed by atoms with E-state index >= 15 is 0 Å². The third-order valence-electron chi connectivity index (χ3n) is 5.84. The summed E-state index contributed by atoms with van der Waals surface area (Å²) in [6.07, 6.45) is 0.307. The summed E-state index contributed by atoms with van der Waals surface area (Å²) in [7, 11) is 0. The molecule has 3 N–H and O–H groups in total. The van der Waals surface area contributed by atoms with E-state index in [0.29, 0.717) is 5.52 Å². The monoisotopic (exact) mass is 486 g/mol. The summed E-state index contributed by atoms with van der Waals surface area (Å²) >= 11 is 6.32. The largest absolute Gasteiger partial charge is 0.465 e. The molecule has 1 fully saturated rings. The van der Waals surface area contributed by atoms with Crippen molar-refractivity contribution in [1.29, 1.82) is 0 Å². The lowest BCUT2D eigenvalue weighted by atomic mass is 9.99. The second-order valence-corrected chi connectivity index (χ2v) is 9.82. The van der Waals surface area contributed by atoms with Crippen LogP contribution in [0.2, 0.25) is 5.02 Å². The lowest BCUT2D eigenvalue weighted by Crippen LogP contribution is -2.49. The molecule has 1 aliphatic rings. The Kier molecular flexibility index (Phi) is 5.85. The summed E-state index contributed by atoms with van der Waals surface area (Å²) in [6.45, 7) is 5.26. The highest BCUT2D eigenvalue weighted by molar-refractivity contribution is 6.35. The van der Waals surface area contributed by atoms with Gasteiger partial charge >= 0.3 is 6.09 Å². The van der Waals surface area contributed by atoms with E-state index in [-0.39, 0.29) is 33.4 Å². The number of carbonyl (C=O) groups excluding carboxylic acids is 1. The van der Waals surface area contributed by atoms with E-state index < -0.39 is 35.0 Å². The van der Waals surface area contributed by atoms with Crippen molar-refractivity contribution >= 4 is 34.5 Å². The molecule has 1 atom stereocenters. The van der Waals surface area contributed by atoms with Gasteiger partial charge in [0, 0.05) is 11.1 Å². The fourth-order valence-corrected chi connectivity index (χ4v) is 4.52. The van der Waals surface area contributed by atoms with Gasteiger partial charge in [0.25, 0.3) is 5.56 Å². The summed E-state index contributed by atoms with van der Waals surface area (Å²) in [4.78, 5) is 44.0. The molecule has 178 valence electrons. The van der Waals surface area contributed by atoms with Gasteiger partial charge in [-0.15, -0.1) is 0 Å². The number of aromatic nitrogens is 2. The second-order valence-electron chi connectivity index (χ2n) is 9.41. The van der Waals surface area contributed by atoms with Crippen LogP contribution in [-0.2, 0) is 0 Å². The minimum atomic E-state index is -1.17. The molecule has 1 saturated carbocycles. The maximum atomic E-state index is 14.5. The average Bonchev–Trinajstić information content (AvgIpc) is 3.55. The number of nitrogens with zero attached hydrogens (tertiary/aromatic N) is 3. The van der Waals surface area contributed by atoms with Crippen molar-refractivity contribution in [1.82, 2.24) is 14.5 Å². The van der Waals surface area contributed by atoms with Crippen molar-refractivity contribution < 1.29 is 19.1 Å². The Labute approximate surface area is 199 Å². The van der Waals surface area contributed by atoms with Gasteiger partial charge in [0.05, 0.1) is 27.7 Å². The fraction of sp³-hybridized carbons (Fsp3) is 0.333. The summed E-state index contributed by atoms with van der Waals surface area (Å²) in [5, 5.41) is 10.4. The van der Waals surface area contributed by atoms with Gasteiger partial charge in [0.15, 0.2) is 0 Å². The predicted octanol–water partition coefficient (Wildman–Crippen LogP) is 4.51. The number of carbonyl (C=O) groups is 2. The number of hydrogen-bond donors (Lipinski definition) is 2. The van der Waals surface area contributed by atoms with Gasteiger partial charge < -0.3 is 10.8 Å². The average molecular weight is 487 g/mol. The maximum Gasteiger partial charge on any atom is 0.408 e. The van der Waals surface area contributed by atoms with Crippen molar-refractivity contribution in [3.8, 4) is 5.69 Å². The summed E-state index contributed by atoms with van der Waals surface area (Å²) < 4.78 is 15.7. The Balaban J connectivity index is 2.13. The SMILES string of the molecule is CC(C)(C)N(C(=O)O)[C@H](c1nc2cccc(Cl)c2c(=O)n1-c1cc(F)cc(C(N)=O)c1)C1CC1. The molecule has 3 aromatic rings. The molecule has 1 aliphatic carbocycles. The molecule has 1 heterocycles. The number of amides is 2. The van der Waals surface area contributed by atoms with Gasteiger partial charge in [0.2, 0.25) is 5.91 Å². The fourth-order valence-electron chi connectivity index (χ4n) is 4.27. The number of rotatable bonds is 5. The van der Waals surface area contributed by atoms with Crippen LogP contribution in [-0.4, -0.2) is 37.1 Å². The van der Waals surface area contributed by atoms with Gasteiger partial charge in [0.1, 0.15) is 11.6 Å². The molecule has 34 heavy (non-hydrogen) atoms. The van der Waals surface area contributed by atoms with Crippen LogP contribution in [0, 0.1) is 11.7 Å². The van der Waals surface area contributed by atoms with Crippen LogP contribution in [0.4, 0.5) is 9.18 Å². The first-order valence-electron chi connectivity index (χ1n) is 10.7. The molecule has 0 aliphatic heterocycles. The van der Waals surface area contributed by atoms with Crippen molar-refractivity contribution in [3.05, 3.63) is 69.0 Å². The normalized spacial score (nSPS) is 14.7. The standard InChI is InChI=1S/C24H24ClFN4O4/c1-24(2,3)30(23(33)34)19(12-7-8-12)21-28-17-6-4-5-16(25)18(17)22(32)29(21)15-10-13(20(27)31)9-14(26)11-15/h4-6,9-12,19H,7-8H2,1-3H3,(H2,27,31)(H,33,34)/t19-/m0/s1. The Bertz CT molecular complexity index is 1380. The van der Waals surface area contributed by atoms with Crippen LogP contribution in [0.5, 0.6) is 0 Å². The molecule has 1 aromatic heterocycles. The van der Waals surface area contributed by atoms with Crippen LogP contribution in [0.25, 0.3) is 16.6 Å². The first-order valence-corrected chi connectivity index (χ1v) is 11.1. The molecule has 0 unspecified atom stereocenters. The van der Waals surface area contributed by atoms with E-state index in [9.17, 15) is 23.9 Å². The van der Waals surface area contributed by atoms with Crippen molar-refractivity contribution in [3.63, 3.8) is 0 Å². The van der Waals surface area contributed by atoms with E-state index in [4.69, 9.17) is 22.3 Å². The van der Waals surface area contributed by atoms with Crippen LogP contribution in [0.1, 0.15) is 55.8 Å². The highest BCUT2D eigenvalue weighted by Crippen LogP contribution is 2.46. The molecule has 0 saturated heterocycles. The molecule has 2 aromatic carbocycles. The first kappa shape index (κ1) is 23.7. The highest BCUT2D eigenvalue weighted by Gasteiger charge is 2.45. The minimum absolute atomic E-state index is 0.00742. The zero-order valence-corrected chi connectivity index (χ0v) is 19.6. The van der Waals surface area contributed by atoms with Gasteiger partial charge in [-0.25, -0.2) is 14.2 Å². The third kappa shape index (κ3) is 4.23. The molecule has 0 spiro atoms. The number of primary amides is 1. The zero-order chi connectivity index (χ0) is 24.9. The zero-order valence-electron chi connectivity index (χ0n) is 18.9. The molecule has 0 bridgehead atoms. The van der Waals surface area contributed by atoms with Gasteiger partial charge in [-0.2, -0.15) is 0 Å². The number of carboxylic acid groups (broad SMARTS) is 1. The smallest absolute Gasteiger partial charge is 0.408 e. The Hall–Kier alpha value is -3.46. The van der Waals surface area contributed by atoms with E-state index in [0.717, 1.165) is 29.5 Å². The molecule has 4 rings (SSSR count). The van der Waals surface area contributed by atoms with Crippen LogP contribution >= 0.6 is 11.6 Å². The van der Waals surface area contributed by atoms with Crippen molar-refractivity contribution in [2.24, 2.45) is 11.7 Å². The number of fused-ring (bicyclic) bond motifs is 1. The summed E-state index contributed by atoms with van der Waals surface area (Å²) in [5.74, 6) is -1.62. The summed E-state index contributed by atoms with van der Waals surface area (Å²) in [5.41, 5.74) is 4.10. The molecular formula is C24H24ClFN4O4. The number of hydrogen-bond acceptors (Lipinski definition) is 4. The van der Waals surface area contributed by atoms with E-state index in [1.54, 1.807) is 32.9 Å². The lowest BCUT2D eigenvalue weighted by Gasteiger charge is -2.40. The van der Waals surface area contributed by atoms with E-state index in [1.807, 2.05) is 0 Å². The molecule has 8 nitrogen and oxygen atoms in total. The molecule has 0 radical (unpaired) electrons. The van der Waals surface area contributed by atoms with Gasteiger partial charge in [-0.1, -0.05) is 17.7 Å². The second kappa shape index (κ2) is 8.39. The first-order chi connectivity index (χ1) is 15.9. The van der Waals surface area contributed by atoms with Gasteiger partial charge in [-0.05, 0) is 69.9 Å². The third-order valence-corrected chi connectivity index (χ3v) is 6.15. The van der Waals surface area contributed by atoms with Crippen LogP contribution in [0.15, 0.2) is 41.2 Å². The molecular weight excluding hydrogens is 463 g/mol. The number of benzene rings is 2. The number of halogens is 2. The predicted molar refractivity (Wildman–Crippen MR) is 126 cm³/mol. The maximum absolute atomic E-state index is 14.5. The van der Waals surface area contributed by atoms with E-state index in [2.05, 4.69) is 0 Å². The summed E-state index contributed by atoms with van der Waals surface area (Å²) in [6, 6.07) is 7.32. The van der Waals surface area contributed by atoms with E-state index in [1.165, 1.54) is 17.0 Å². The quantitative estimate of drug-likeness (QED) is 0.550.